The molecule has 1 amide bonds. The molecule has 1 aromatic heterocycles. The fourth-order valence-electron chi connectivity index (χ4n) is 4.68. The first-order valence-corrected chi connectivity index (χ1v) is 12.7. The van der Waals surface area contributed by atoms with Crippen LogP contribution in [0.5, 0.6) is 11.5 Å². The Morgan fingerprint density at radius 3 is 2.73 bits per heavy atom. The van der Waals surface area contributed by atoms with Crippen molar-refractivity contribution in [1.82, 2.24) is 19.8 Å². The van der Waals surface area contributed by atoms with Crippen molar-refractivity contribution in [3.8, 4) is 11.5 Å². The molecule has 10 heteroatoms. The number of methoxy groups -OCH3 is 1. The Labute approximate surface area is 220 Å². The quantitative estimate of drug-likeness (QED) is 0.423. The second-order valence-electron chi connectivity index (χ2n) is 9.36. The van der Waals surface area contributed by atoms with Crippen molar-refractivity contribution in [2.75, 3.05) is 45.2 Å². The zero-order chi connectivity index (χ0) is 25.9. The predicted octanol–water partition coefficient (Wildman–Crippen LogP) is 4.81. The van der Waals surface area contributed by atoms with E-state index in [0.717, 1.165) is 13.1 Å². The SMILES string of the molecule is C=C(CN1CCCCC1)C(=O)N1CC(Oc2cc3c(Nc4cccc(Cl)c4F)ncnc3cc2OC)C1. The minimum atomic E-state index is -0.568. The van der Waals surface area contributed by atoms with E-state index in [-0.39, 0.29) is 22.7 Å². The van der Waals surface area contributed by atoms with Gasteiger partial charge in [-0.1, -0.05) is 30.7 Å². The number of rotatable bonds is 8. The van der Waals surface area contributed by atoms with Gasteiger partial charge in [-0.05, 0) is 44.1 Å². The molecular formula is C27H29ClFN5O3. The number of anilines is 2. The highest BCUT2D eigenvalue weighted by molar-refractivity contribution is 6.31. The number of piperidine rings is 1. The van der Waals surface area contributed by atoms with Gasteiger partial charge in [0.15, 0.2) is 17.3 Å². The van der Waals surface area contributed by atoms with Crippen molar-refractivity contribution >= 4 is 39.9 Å². The number of hydrogen-bond acceptors (Lipinski definition) is 7. The molecule has 2 aliphatic rings. The number of amides is 1. The van der Waals surface area contributed by atoms with Crippen LogP contribution in [-0.4, -0.2) is 71.6 Å². The highest BCUT2D eigenvalue weighted by atomic mass is 35.5. The first-order chi connectivity index (χ1) is 17.9. The van der Waals surface area contributed by atoms with Crippen LogP contribution in [0.2, 0.25) is 5.02 Å². The van der Waals surface area contributed by atoms with Crippen molar-refractivity contribution in [3.63, 3.8) is 0 Å². The summed E-state index contributed by atoms with van der Waals surface area (Å²) in [5, 5.41) is 3.63. The topological polar surface area (TPSA) is 79.8 Å². The highest BCUT2D eigenvalue weighted by Crippen LogP contribution is 2.36. The third kappa shape index (κ3) is 5.47. The summed E-state index contributed by atoms with van der Waals surface area (Å²) in [5.41, 5.74) is 1.41. The number of benzene rings is 2. The Morgan fingerprint density at radius 1 is 1.19 bits per heavy atom. The average molecular weight is 526 g/mol. The zero-order valence-corrected chi connectivity index (χ0v) is 21.4. The minimum absolute atomic E-state index is 0.0109. The summed E-state index contributed by atoms with van der Waals surface area (Å²) in [5.74, 6) is 0.800. The molecule has 3 heterocycles. The fourth-order valence-corrected chi connectivity index (χ4v) is 4.85. The van der Waals surface area contributed by atoms with Gasteiger partial charge in [0, 0.05) is 23.6 Å². The van der Waals surface area contributed by atoms with Gasteiger partial charge in [0.2, 0.25) is 0 Å². The molecular weight excluding hydrogens is 497 g/mol. The van der Waals surface area contributed by atoms with Gasteiger partial charge in [-0.15, -0.1) is 0 Å². The Morgan fingerprint density at radius 2 is 1.97 bits per heavy atom. The van der Waals surface area contributed by atoms with Crippen LogP contribution in [0, 0.1) is 5.82 Å². The summed E-state index contributed by atoms with van der Waals surface area (Å²) in [6.45, 7) is 7.60. The molecule has 0 aliphatic carbocycles. The smallest absolute Gasteiger partial charge is 0.250 e. The molecule has 194 valence electrons. The predicted molar refractivity (Wildman–Crippen MR) is 141 cm³/mol. The summed E-state index contributed by atoms with van der Waals surface area (Å²) in [6.07, 6.45) is 4.79. The molecule has 2 fully saturated rings. The number of nitrogens with one attached hydrogen (secondary N) is 1. The lowest BCUT2D eigenvalue weighted by molar-refractivity contribution is -0.136. The molecule has 0 unspecified atom stereocenters. The number of halogens is 2. The van der Waals surface area contributed by atoms with Gasteiger partial charge in [-0.25, -0.2) is 14.4 Å². The minimum Gasteiger partial charge on any atom is -0.493 e. The Hall–Kier alpha value is -3.43. The lowest BCUT2D eigenvalue weighted by Crippen LogP contribution is -2.57. The van der Waals surface area contributed by atoms with Gasteiger partial charge in [0.25, 0.3) is 5.91 Å². The number of hydrogen-bond donors (Lipinski definition) is 1. The first-order valence-electron chi connectivity index (χ1n) is 12.3. The van der Waals surface area contributed by atoms with Crippen LogP contribution >= 0.6 is 11.6 Å². The van der Waals surface area contributed by atoms with Crippen LogP contribution in [-0.2, 0) is 4.79 Å². The molecule has 0 saturated carbocycles. The monoisotopic (exact) mass is 525 g/mol. The van der Waals surface area contributed by atoms with Crippen LogP contribution in [0.3, 0.4) is 0 Å². The first kappa shape index (κ1) is 25.2. The molecule has 2 aromatic carbocycles. The zero-order valence-electron chi connectivity index (χ0n) is 20.7. The third-order valence-electron chi connectivity index (χ3n) is 6.72. The van der Waals surface area contributed by atoms with Gasteiger partial charge in [0.1, 0.15) is 18.2 Å². The number of carbonyl (C=O) groups is 1. The van der Waals surface area contributed by atoms with Crippen molar-refractivity contribution < 1.29 is 18.7 Å². The van der Waals surface area contributed by atoms with Gasteiger partial charge in [-0.3, -0.25) is 9.69 Å². The van der Waals surface area contributed by atoms with E-state index >= 15 is 0 Å². The number of aromatic nitrogens is 2. The highest BCUT2D eigenvalue weighted by Gasteiger charge is 2.34. The van der Waals surface area contributed by atoms with Crippen LogP contribution < -0.4 is 14.8 Å². The van der Waals surface area contributed by atoms with Crippen molar-refractivity contribution in [1.29, 1.82) is 0 Å². The molecule has 2 saturated heterocycles. The van der Waals surface area contributed by atoms with Crippen LogP contribution in [0.15, 0.2) is 48.8 Å². The number of likely N-dealkylation sites (tertiary alicyclic amines) is 2. The molecule has 0 atom stereocenters. The summed E-state index contributed by atoms with van der Waals surface area (Å²) < 4.78 is 26.2. The fraction of sp³-hybridized carbons (Fsp3) is 0.370. The Kier molecular flexibility index (Phi) is 7.43. The summed E-state index contributed by atoms with van der Waals surface area (Å²) >= 11 is 5.92. The average Bonchev–Trinajstić information content (AvgIpc) is 2.88. The molecule has 0 radical (unpaired) electrons. The maximum atomic E-state index is 14.5. The standard InChI is InChI=1S/C27H29ClFN5O3/c1-17(13-33-9-4-3-5-10-33)27(35)34-14-18(15-34)37-24-11-19-22(12-23(24)36-2)30-16-31-26(19)32-21-8-6-7-20(28)25(21)29/h6-8,11-12,16,18H,1,3-5,9-10,13-15H2,2H3,(H,30,31,32). The van der Waals surface area contributed by atoms with Gasteiger partial charge >= 0.3 is 0 Å². The van der Waals surface area contributed by atoms with Crippen LogP contribution in [0.25, 0.3) is 10.9 Å². The molecule has 0 spiro atoms. The number of ether oxygens (including phenoxy) is 2. The van der Waals surface area contributed by atoms with E-state index in [9.17, 15) is 9.18 Å². The number of fused-ring (bicyclic) bond motifs is 1. The van der Waals surface area contributed by atoms with E-state index in [1.54, 1.807) is 36.3 Å². The molecule has 1 N–H and O–H groups in total. The maximum absolute atomic E-state index is 14.5. The molecule has 2 aliphatic heterocycles. The van der Waals surface area contributed by atoms with Crippen molar-refractivity contribution in [3.05, 3.63) is 59.7 Å². The van der Waals surface area contributed by atoms with Crippen LogP contribution in [0.1, 0.15) is 19.3 Å². The molecule has 3 aromatic rings. The lowest BCUT2D eigenvalue weighted by atomic mass is 10.1. The van der Waals surface area contributed by atoms with Crippen molar-refractivity contribution in [2.45, 2.75) is 25.4 Å². The largest absolute Gasteiger partial charge is 0.493 e. The molecule has 5 rings (SSSR count). The van der Waals surface area contributed by atoms with Crippen LogP contribution in [0.4, 0.5) is 15.9 Å². The van der Waals surface area contributed by atoms with E-state index in [0.29, 0.717) is 53.4 Å². The lowest BCUT2D eigenvalue weighted by Gasteiger charge is -2.40. The van der Waals surface area contributed by atoms with Gasteiger partial charge in [-0.2, -0.15) is 0 Å². The van der Waals surface area contributed by atoms with E-state index < -0.39 is 5.82 Å². The Balaban J connectivity index is 1.28. The van der Waals surface area contributed by atoms with E-state index in [1.165, 1.54) is 31.7 Å². The number of nitrogens with zero attached hydrogens (tertiary/aromatic N) is 4. The third-order valence-corrected chi connectivity index (χ3v) is 7.01. The summed E-state index contributed by atoms with van der Waals surface area (Å²) in [7, 11) is 1.55. The maximum Gasteiger partial charge on any atom is 0.250 e. The van der Waals surface area contributed by atoms with Crippen molar-refractivity contribution in [2.24, 2.45) is 0 Å². The Bertz CT molecular complexity index is 1320. The van der Waals surface area contributed by atoms with Gasteiger partial charge in [0.05, 0.1) is 36.4 Å². The van der Waals surface area contributed by atoms with E-state index in [2.05, 4.69) is 26.8 Å². The molecule has 37 heavy (non-hydrogen) atoms. The summed E-state index contributed by atoms with van der Waals surface area (Å²) in [4.78, 5) is 25.5. The second-order valence-corrected chi connectivity index (χ2v) is 9.77. The molecule has 8 nitrogen and oxygen atoms in total. The number of carbonyl (C=O) groups excluding carboxylic acids is 1. The van der Waals surface area contributed by atoms with E-state index in [1.807, 2.05) is 0 Å². The van der Waals surface area contributed by atoms with Gasteiger partial charge < -0.3 is 19.7 Å². The normalized spacial score (nSPS) is 16.4. The molecule has 0 bridgehead atoms. The summed E-state index contributed by atoms with van der Waals surface area (Å²) in [6, 6.07) is 8.22. The van der Waals surface area contributed by atoms with E-state index in [4.69, 9.17) is 21.1 Å². The second kappa shape index (κ2) is 10.9.